The summed E-state index contributed by atoms with van der Waals surface area (Å²) in [5.41, 5.74) is 1.99. The van der Waals surface area contributed by atoms with Gasteiger partial charge in [0, 0.05) is 13.1 Å². The van der Waals surface area contributed by atoms with Crippen LogP contribution in [-0.2, 0) is 7.05 Å². The maximum Gasteiger partial charge on any atom is 0.364 e. The Morgan fingerprint density at radius 2 is 1.89 bits per heavy atom. The van der Waals surface area contributed by atoms with Crippen molar-refractivity contribution in [2.45, 2.75) is 13.8 Å². The minimum absolute atomic E-state index is 0.0975. The summed E-state index contributed by atoms with van der Waals surface area (Å²) in [4.78, 5) is 23.1. The van der Waals surface area contributed by atoms with E-state index in [-0.39, 0.29) is 11.3 Å². The lowest BCUT2D eigenvalue weighted by atomic mass is 10.1. The van der Waals surface area contributed by atoms with Crippen LogP contribution < -0.4 is 10.3 Å². The number of hydrogen-bond donors (Lipinski definition) is 0. The van der Waals surface area contributed by atoms with Gasteiger partial charge in [0.25, 0.3) is 5.56 Å². The van der Waals surface area contributed by atoms with Gasteiger partial charge in [-0.25, -0.2) is 9.48 Å². The van der Waals surface area contributed by atoms with Crippen LogP contribution in [0.25, 0.3) is 0 Å². The Balaban J connectivity index is 2.22. The predicted molar refractivity (Wildman–Crippen MR) is 70.4 cm³/mol. The third kappa shape index (κ3) is 2.88. The van der Waals surface area contributed by atoms with Crippen LogP contribution in [0, 0.1) is 13.8 Å². The number of hydrogen-bond acceptors (Lipinski definition) is 4. The van der Waals surface area contributed by atoms with Gasteiger partial charge >= 0.3 is 5.97 Å². The second-order valence-corrected chi connectivity index (χ2v) is 4.32. The van der Waals surface area contributed by atoms with Crippen LogP contribution in [0.4, 0.5) is 0 Å². The highest BCUT2D eigenvalue weighted by atomic mass is 16.5. The number of ether oxygens (including phenoxy) is 1. The maximum atomic E-state index is 11.9. The summed E-state index contributed by atoms with van der Waals surface area (Å²) in [7, 11) is 1.48. The monoisotopic (exact) mass is 258 g/mol. The first-order valence-electron chi connectivity index (χ1n) is 5.81. The van der Waals surface area contributed by atoms with Gasteiger partial charge in [-0.05, 0) is 43.2 Å². The van der Waals surface area contributed by atoms with Crippen molar-refractivity contribution in [3.63, 3.8) is 0 Å². The van der Waals surface area contributed by atoms with E-state index in [1.54, 1.807) is 12.1 Å². The van der Waals surface area contributed by atoms with Gasteiger partial charge < -0.3 is 4.74 Å². The fourth-order valence-corrected chi connectivity index (χ4v) is 1.55. The molecule has 0 aliphatic carbocycles. The molecule has 0 saturated carbocycles. The highest BCUT2D eigenvalue weighted by Gasteiger charge is 2.11. The van der Waals surface area contributed by atoms with Gasteiger partial charge in [-0.15, -0.1) is 0 Å². The molecule has 0 saturated heterocycles. The van der Waals surface area contributed by atoms with E-state index in [1.807, 2.05) is 19.9 Å². The maximum absolute atomic E-state index is 11.9. The summed E-state index contributed by atoms with van der Waals surface area (Å²) in [6.07, 6.45) is 0. The third-order valence-corrected chi connectivity index (χ3v) is 2.86. The average molecular weight is 258 g/mol. The van der Waals surface area contributed by atoms with E-state index >= 15 is 0 Å². The number of aryl methyl sites for hydroxylation is 3. The molecule has 0 unspecified atom stereocenters. The van der Waals surface area contributed by atoms with Crippen LogP contribution in [0.1, 0.15) is 21.6 Å². The van der Waals surface area contributed by atoms with Gasteiger partial charge in [0.15, 0.2) is 5.69 Å². The lowest BCUT2D eigenvalue weighted by molar-refractivity contribution is 0.0726. The van der Waals surface area contributed by atoms with Gasteiger partial charge in [0.1, 0.15) is 5.75 Å². The number of benzene rings is 1. The Morgan fingerprint density at radius 3 is 2.53 bits per heavy atom. The zero-order chi connectivity index (χ0) is 14.0. The van der Waals surface area contributed by atoms with E-state index in [4.69, 9.17) is 4.74 Å². The van der Waals surface area contributed by atoms with Gasteiger partial charge in [-0.1, -0.05) is 6.07 Å². The average Bonchev–Trinajstić information content (AvgIpc) is 2.37. The van der Waals surface area contributed by atoms with E-state index in [0.29, 0.717) is 5.75 Å². The van der Waals surface area contributed by atoms with E-state index in [2.05, 4.69) is 5.10 Å². The molecule has 0 aliphatic rings. The molecule has 0 fully saturated rings. The Labute approximate surface area is 110 Å². The molecule has 2 rings (SSSR count). The Bertz CT molecular complexity index is 689. The molecule has 5 nitrogen and oxygen atoms in total. The van der Waals surface area contributed by atoms with Crippen LogP contribution in [0.5, 0.6) is 5.75 Å². The number of carbonyl (C=O) groups excluding carboxylic acids is 1. The molecule has 0 bridgehead atoms. The SMILES string of the molecule is Cc1ccc(OC(=O)c2ccc(=O)n(C)n2)cc1C. The summed E-state index contributed by atoms with van der Waals surface area (Å²) in [6.45, 7) is 3.92. The molecule has 0 spiro atoms. The second-order valence-electron chi connectivity index (χ2n) is 4.32. The van der Waals surface area contributed by atoms with E-state index in [9.17, 15) is 9.59 Å². The fraction of sp³-hybridized carbons (Fsp3) is 0.214. The third-order valence-electron chi connectivity index (χ3n) is 2.86. The molecule has 0 aliphatic heterocycles. The van der Waals surface area contributed by atoms with Crippen molar-refractivity contribution in [1.82, 2.24) is 9.78 Å². The van der Waals surface area contributed by atoms with Gasteiger partial charge in [-0.2, -0.15) is 5.10 Å². The lowest BCUT2D eigenvalue weighted by Crippen LogP contribution is -2.22. The molecule has 2 aromatic rings. The summed E-state index contributed by atoms with van der Waals surface area (Å²) in [5.74, 6) is -0.123. The number of carbonyl (C=O) groups is 1. The Hall–Kier alpha value is -2.43. The zero-order valence-corrected chi connectivity index (χ0v) is 11.0. The largest absolute Gasteiger partial charge is 0.422 e. The molecule has 0 radical (unpaired) electrons. The summed E-state index contributed by atoms with van der Waals surface area (Å²) in [6, 6.07) is 8.03. The topological polar surface area (TPSA) is 61.2 Å². The van der Waals surface area contributed by atoms with Gasteiger partial charge in [0.05, 0.1) is 0 Å². The predicted octanol–water partition coefficient (Wildman–Crippen LogP) is 1.62. The van der Waals surface area contributed by atoms with E-state index < -0.39 is 5.97 Å². The lowest BCUT2D eigenvalue weighted by Gasteiger charge is -2.06. The van der Waals surface area contributed by atoms with Crippen LogP contribution in [-0.4, -0.2) is 15.7 Å². The van der Waals surface area contributed by atoms with Crippen LogP contribution >= 0.6 is 0 Å². The van der Waals surface area contributed by atoms with Crippen LogP contribution in [0.3, 0.4) is 0 Å². The van der Waals surface area contributed by atoms with E-state index in [1.165, 1.54) is 19.2 Å². The summed E-state index contributed by atoms with van der Waals surface area (Å²) >= 11 is 0. The molecule has 0 N–H and O–H groups in total. The first-order valence-corrected chi connectivity index (χ1v) is 5.81. The van der Waals surface area contributed by atoms with Crippen molar-refractivity contribution >= 4 is 5.97 Å². The van der Waals surface area contributed by atoms with Gasteiger partial charge in [-0.3, -0.25) is 4.79 Å². The highest BCUT2D eigenvalue weighted by molar-refractivity contribution is 5.88. The van der Waals surface area contributed by atoms with Crippen molar-refractivity contribution in [3.8, 4) is 5.75 Å². The van der Waals surface area contributed by atoms with Crippen molar-refractivity contribution in [1.29, 1.82) is 0 Å². The zero-order valence-electron chi connectivity index (χ0n) is 11.0. The molecule has 0 amide bonds. The number of aromatic nitrogens is 2. The molecule has 1 aromatic heterocycles. The Morgan fingerprint density at radius 1 is 1.16 bits per heavy atom. The number of nitrogens with zero attached hydrogens (tertiary/aromatic N) is 2. The first-order chi connectivity index (χ1) is 8.97. The van der Waals surface area contributed by atoms with Crippen LogP contribution in [0.15, 0.2) is 35.1 Å². The van der Waals surface area contributed by atoms with E-state index in [0.717, 1.165) is 15.8 Å². The van der Waals surface area contributed by atoms with Gasteiger partial charge in [0.2, 0.25) is 0 Å². The fourth-order valence-electron chi connectivity index (χ4n) is 1.55. The molecule has 0 atom stereocenters. The Kier molecular flexibility index (Phi) is 3.46. The quantitative estimate of drug-likeness (QED) is 0.606. The second kappa shape index (κ2) is 5.06. The molecule has 1 aromatic carbocycles. The minimum atomic E-state index is -0.584. The molecule has 1 heterocycles. The molecule has 5 heteroatoms. The minimum Gasteiger partial charge on any atom is -0.422 e. The molecule has 98 valence electrons. The van der Waals surface area contributed by atoms with Crippen molar-refractivity contribution in [2.24, 2.45) is 7.05 Å². The van der Waals surface area contributed by atoms with Crippen LogP contribution in [0.2, 0.25) is 0 Å². The normalized spacial score (nSPS) is 10.3. The summed E-state index contributed by atoms with van der Waals surface area (Å²) < 4.78 is 6.31. The standard InChI is InChI=1S/C14H14N2O3/c1-9-4-5-11(8-10(9)2)19-14(18)12-6-7-13(17)16(3)15-12/h4-8H,1-3H3. The van der Waals surface area contributed by atoms with Crippen molar-refractivity contribution < 1.29 is 9.53 Å². The molecule has 19 heavy (non-hydrogen) atoms. The molecular weight excluding hydrogens is 244 g/mol. The van der Waals surface area contributed by atoms with Crippen molar-refractivity contribution in [2.75, 3.05) is 0 Å². The highest BCUT2D eigenvalue weighted by Crippen LogP contribution is 2.17. The number of esters is 1. The van der Waals surface area contributed by atoms with Crippen molar-refractivity contribution in [3.05, 3.63) is 57.5 Å². The number of rotatable bonds is 2. The summed E-state index contributed by atoms with van der Waals surface area (Å²) in [5, 5.41) is 3.84. The molecular formula is C14H14N2O3. The first kappa shape index (κ1) is 13.0. The smallest absolute Gasteiger partial charge is 0.364 e.